The number of ether oxygens (including phenoxy) is 1. The summed E-state index contributed by atoms with van der Waals surface area (Å²) >= 11 is 0. The third kappa shape index (κ3) is 2.91. The summed E-state index contributed by atoms with van der Waals surface area (Å²) in [4.78, 5) is 2.35. The number of hydrogen-bond donors (Lipinski definition) is 0. The minimum atomic E-state index is -0.456. The summed E-state index contributed by atoms with van der Waals surface area (Å²) in [6, 6.07) is 32.3. The van der Waals surface area contributed by atoms with Crippen molar-refractivity contribution in [2.24, 2.45) is 0 Å². The van der Waals surface area contributed by atoms with E-state index in [1.807, 2.05) is 6.92 Å². The molecule has 1 aliphatic heterocycles. The quantitative estimate of drug-likeness (QED) is 0.376. The second-order valence-corrected chi connectivity index (χ2v) is 8.87. The lowest BCUT2D eigenvalue weighted by molar-refractivity contribution is -0.585. The number of fused-ring (bicyclic) bond motifs is 5. The summed E-state index contributed by atoms with van der Waals surface area (Å²) in [5.41, 5.74) is 5.93. The van der Waals surface area contributed by atoms with E-state index in [0.717, 1.165) is 18.1 Å². The van der Waals surface area contributed by atoms with Gasteiger partial charge in [0.1, 0.15) is 12.3 Å². The van der Waals surface area contributed by atoms with E-state index in [9.17, 15) is 0 Å². The molecule has 2 heterocycles. The standard InChI is InChI=1S/C29H27N2O2/c1-21-16-17-27(33-21)28-29(25-14-8-6-12-23(25)24-13-7-9-15-26(24)29)31(20-32-2)19-30(28)18-22-10-4-3-5-11-22/h3-17,19,28H,18,20H2,1-2H3/q+1. The molecule has 1 spiro atoms. The molecule has 0 radical (unpaired) electrons. The SMILES string of the molecule is COCN1C=[N+](Cc2ccccc2)C(c2ccc(C)o2)C12c1ccccc1-c1ccccc12. The van der Waals surface area contributed by atoms with Gasteiger partial charge in [0, 0.05) is 18.2 Å². The molecule has 164 valence electrons. The first-order valence-corrected chi connectivity index (χ1v) is 11.4. The average molecular weight is 436 g/mol. The molecule has 0 bridgehead atoms. The molecule has 2 aliphatic rings. The highest BCUT2D eigenvalue weighted by molar-refractivity contribution is 5.83. The molecule has 4 nitrogen and oxygen atoms in total. The van der Waals surface area contributed by atoms with E-state index >= 15 is 0 Å². The van der Waals surface area contributed by atoms with Crippen molar-refractivity contribution in [3.63, 3.8) is 0 Å². The minimum Gasteiger partial charge on any atom is -0.462 e. The zero-order chi connectivity index (χ0) is 22.4. The van der Waals surface area contributed by atoms with Crippen LogP contribution in [0.25, 0.3) is 11.1 Å². The van der Waals surface area contributed by atoms with E-state index in [-0.39, 0.29) is 6.04 Å². The van der Waals surface area contributed by atoms with Crippen molar-refractivity contribution in [1.29, 1.82) is 0 Å². The van der Waals surface area contributed by atoms with Gasteiger partial charge >= 0.3 is 0 Å². The number of benzene rings is 3. The molecule has 3 aromatic carbocycles. The van der Waals surface area contributed by atoms with Gasteiger partial charge in [-0.15, -0.1) is 0 Å². The summed E-state index contributed by atoms with van der Waals surface area (Å²) < 4.78 is 14.5. The van der Waals surface area contributed by atoms with Gasteiger partial charge < -0.3 is 9.15 Å². The van der Waals surface area contributed by atoms with Gasteiger partial charge in [0.15, 0.2) is 12.5 Å². The zero-order valence-electron chi connectivity index (χ0n) is 18.9. The second-order valence-electron chi connectivity index (χ2n) is 8.87. The Hall–Kier alpha value is -3.63. The molecule has 0 saturated heterocycles. The van der Waals surface area contributed by atoms with Gasteiger partial charge in [-0.1, -0.05) is 78.9 Å². The largest absolute Gasteiger partial charge is 0.462 e. The van der Waals surface area contributed by atoms with E-state index in [1.165, 1.54) is 27.8 Å². The van der Waals surface area contributed by atoms with Crippen LogP contribution in [-0.2, 0) is 16.8 Å². The highest BCUT2D eigenvalue weighted by Gasteiger charge is 2.64. The maximum atomic E-state index is 6.35. The van der Waals surface area contributed by atoms with Crippen LogP contribution in [0.15, 0.2) is 95.4 Å². The van der Waals surface area contributed by atoms with E-state index in [0.29, 0.717) is 6.73 Å². The molecule has 0 saturated carbocycles. The fourth-order valence-electron chi connectivity index (χ4n) is 5.75. The molecule has 4 heteroatoms. The number of rotatable bonds is 5. The van der Waals surface area contributed by atoms with Gasteiger partial charge in [0.25, 0.3) is 0 Å². The number of hydrogen-bond acceptors (Lipinski definition) is 3. The monoisotopic (exact) mass is 435 g/mol. The van der Waals surface area contributed by atoms with Gasteiger partial charge in [-0.25, -0.2) is 9.48 Å². The summed E-state index contributed by atoms with van der Waals surface area (Å²) in [6.45, 7) is 3.27. The molecule has 0 fully saturated rings. The molecular formula is C29H27N2O2+. The predicted molar refractivity (Wildman–Crippen MR) is 129 cm³/mol. The molecule has 0 amide bonds. The van der Waals surface area contributed by atoms with E-state index < -0.39 is 5.54 Å². The first kappa shape index (κ1) is 20.0. The third-order valence-corrected chi connectivity index (χ3v) is 6.94. The van der Waals surface area contributed by atoms with Crippen molar-refractivity contribution < 1.29 is 13.7 Å². The molecule has 1 unspecified atom stereocenters. The van der Waals surface area contributed by atoms with Gasteiger partial charge in [-0.05, 0) is 35.7 Å². The first-order valence-electron chi connectivity index (χ1n) is 11.4. The summed E-state index contributed by atoms with van der Waals surface area (Å²) in [5, 5.41) is 0. The second kappa shape index (κ2) is 7.75. The van der Waals surface area contributed by atoms with Crippen LogP contribution in [0.2, 0.25) is 0 Å². The van der Waals surface area contributed by atoms with Crippen LogP contribution >= 0.6 is 0 Å². The number of aryl methyl sites for hydroxylation is 1. The fraction of sp³-hybridized carbons (Fsp3) is 0.207. The number of methoxy groups -OCH3 is 1. The Kier molecular flexibility index (Phi) is 4.70. The molecule has 1 aliphatic carbocycles. The Morgan fingerprint density at radius 2 is 1.48 bits per heavy atom. The third-order valence-electron chi connectivity index (χ3n) is 6.94. The normalized spacial score (nSPS) is 17.8. The molecule has 1 aromatic heterocycles. The van der Waals surface area contributed by atoms with Crippen LogP contribution in [0, 0.1) is 6.92 Å². The van der Waals surface area contributed by atoms with E-state index in [4.69, 9.17) is 9.15 Å². The van der Waals surface area contributed by atoms with Crippen LogP contribution in [-0.4, -0.2) is 29.7 Å². The topological polar surface area (TPSA) is 28.6 Å². The highest BCUT2D eigenvalue weighted by Crippen LogP contribution is 2.59. The lowest BCUT2D eigenvalue weighted by Crippen LogP contribution is -2.46. The van der Waals surface area contributed by atoms with Crippen LogP contribution in [0.3, 0.4) is 0 Å². The van der Waals surface area contributed by atoms with Gasteiger partial charge in [-0.3, -0.25) is 0 Å². The average Bonchev–Trinajstić information content (AvgIpc) is 3.49. The maximum Gasteiger partial charge on any atom is 0.238 e. The van der Waals surface area contributed by atoms with Crippen LogP contribution in [0.5, 0.6) is 0 Å². The Labute approximate surface area is 194 Å². The van der Waals surface area contributed by atoms with Crippen LogP contribution < -0.4 is 0 Å². The van der Waals surface area contributed by atoms with Crippen molar-refractivity contribution in [3.05, 3.63) is 119 Å². The molecule has 1 atom stereocenters. The van der Waals surface area contributed by atoms with Crippen molar-refractivity contribution in [1.82, 2.24) is 4.90 Å². The minimum absolute atomic E-state index is 0.0497. The maximum absolute atomic E-state index is 6.35. The molecular weight excluding hydrogens is 408 g/mol. The van der Waals surface area contributed by atoms with Crippen molar-refractivity contribution >= 4 is 6.34 Å². The Morgan fingerprint density at radius 1 is 0.848 bits per heavy atom. The van der Waals surface area contributed by atoms with Crippen molar-refractivity contribution in [2.45, 2.75) is 25.0 Å². The van der Waals surface area contributed by atoms with Crippen molar-refractivity contribution in [3.8, 4) is 11.1 Å². The van der Waals surface area contributed by atoms with Gasteiger partial charge in [0.05, 0.1) is 0 Å². The highest BCUT2D eigenvalue weighted by atomic mass is 16.5. The summed E-state index contributed by atoms with van der Waals surface area (Å²) in [5.74, 6) is 1.88. The van der Waals surface area contributed by atoms with E-state index in [1.54, 1.807) is 7.11 Å². The Morgan fingerprint density at radius 3 is 2.09 bits per heavy atom. The van der Waals surface area contributed by atoms with Crippen molar-refractivity contribution in [2.75, 3.05) is 13.8 Å². The first-order chi connectivity index (χ1) is 16.2. The predicted octanol–water partition coefficient (Wildman–Crippen LogP) is 5.71. The van der Waals surface area contributed by atoms with Crippen LogP contribution in [0.4, 0.5) is 0 Å². The smallest absolute Gasteiger partial charge is 0.238 e. The van der Waals surface area contributed by atoms with E-state index in [2.05, 4.69) is 107 Å². The number of furan rings is 1. The Bertz CT molecular complexity index is 1290. The number of nitrogens with zero attached hydrogens (tertiary/aromatic N) is 2. The van der Waals surface area contributed by atoms with Gasteiger partial charge in [-0.2, -0.15) is 0 Å². The fourth-order valence-corrected chi connectivity index (χ4v) is 5.75. The molecule has 0 N–H and O–H groups in total. The molecule has 4 aromatic rings. The zero-order valence-corrected chi connectivity index (χ0v) is 18.9. The lowest BCUT2D eigenvalue weighted by Gasteiger charge is -2.34. The molecule has 6 rings (SSSR count). The molecule has 33 heavy (non-hydrogen) atoms. The van der Waals surface area contributed by atoms with Gasteiger partial charge in [0.2, 0.25) is 17.9 Å². The lowest BCUT2D eigenvalue weighted by atomic mass is 9.78. The summed E-state index contributed by atoms with van der Waals surface area (Å²) in [7, 11) is 1.76. The Balaban J connectivity index is 1.63. The summed E-state index contributed by atoms with van der Waals surface area (Å²) in [6.07, 6.45) is 2.23. The van der Waals surface area contributed by atoms with Crippen LogP contribution in [0.1, 0.15) is 34.3 Å².